The van der Waals surface area contributed by atoms with Crippen molar-refractivity contribution in [3.63, 3.8) is 0 Å². The molecule has 0 aromatic rings. The van der Waals surface area contributed by atoms with Crippen LogP contribution >= 0.6 is 0 Å². The second-order valence-electron chi connectivity index (χ2n) is 1.92. The van der Waals surface area contributed by atoms with E-state index < -0.39 is 0 Å². The third kappa shape index (κ3) is 66.4. The van der Waals surface area contributed by atoms with Crippen LogP contribution in [-0.4, -0.2) is 0 Å². The summed E-state index contributed by atoms with van der Waals surface area (Å²) in [7, 11) is 0. The zero-order chi connectivity index (χ0) is 4.99. The van der Waals surface area contributed by atoms with Crippen LogP contribution in [0, 0.1) is 50.5 Å². The molecule has 0 atom stereocenters. The fraction of sp³-hybridized carbons (Fsp3) is 0.500. The first-order valence-corrected chi connectivity index (χ1v) is 2.81. The second-order valence-corrected chi connectivity index (χ2v) is 1.92. The second kappa shape index (κ2) is 53.8. The zero-order valence-electron chi connectivity index (χ0n) is 11.3. The molecule has 1 radical (unpaired) electrons. The Bertz CT molecular complexity index is 24.3. The van der Waals surface area contributed by atoms with Gasteiger partial charge in [0.1, 0.15) is 0 Å². The van der Waals surface area contributed by atoms with Crippen molar-refractivity contribution in [1.29, 1.82) is 0 Å². The molecule has 0 aromatic heterocycles. The van der Waals surface area contributed by atoms with Crippen molar-refractivity contribution in [3.8, 4) is 0 Å². The van der Waals surface area contributed by atoms with Gasteiger partial charge < -0.3 is 44.6 Å². The van der Waals surface area contributed by atoms with E-state index in [-0.39, 0.29) is 64.7 Å². The Hall–Kier alpha value is 0.649. The average Bonchev–Trinajstić information content (AvgIpc) is 1.65. The van der Waals surface area contributed by atoms with Crippen LogP contribution in [0.3, 0.4) is 0 Å². The van der Waals surface area contributed by atoms with Gasteiger partial charge in [0.15, 0.2) is 0 Å². The minimum atomic E-state index is 0. The van der Waals surface area contributed by atoms with E-state index in [9.17, 15) is 0 Å². The molecule has 0 aliphatic rings. The first kappa shape index (κ1) is 68.4. The molecule has 0 nitrogen and oxygen atoms in total. The SMILES string of the molecule is CCC(C)CC.[CH3-].[CH3-].[CH3-].[CH3-].[CH3-].[CH3-].[Ir]. The van der Waals surface area contributed by atoms with Crippen LogP contribution in [0.25, 0.3) is 0 Å². The maximum Gasteiger partial charge on any atom is 0 e. The van der Waals surface area contributed by atoms with E-state index in [1.54, 1.807) is 0 Å². The summed E-state index contributed by atoms with van der Waals surface area (Å²) in [5.74, 6) is 0.935. The van der Waals surface area contributed by atoms with Crippen molar-refractivity contribution in [2.75, 3.05) is 0 Å². The summed E-state index contributed by atoms with van der Waals surface area (Å²) in [6.07, 6.45) is 2.66. The number of rotatable bonds is 2. The van der Waals surface area contributed by atoms with Crippen molar-refractivity contribution in [1.82, 2.24) is 0 Å². The van der Waals surface area contributed by atoms with Gasteiger partial charge in [0.2, 0.25) is 0 Å². The van der Waals surface area contributed by atoms with E-state index in [4.69, 9.17) is 0 Å². The van der Waals surface area contributed by atoms with E-state index in [1.807, 2.05) is 0 Å². The van der Waals surface area contributed by atoms with Crippen molar-refractivity contribution in [3.05, 3.63) is 44.6 Å². The molecule has 0 amide bonds. The Morgan fingerprint density at radius 3 is 0.846 bits per heavy atom. The van der Waals surface area contributed by atoms with Gasteiger partial charge in [0.05, 0.1) is 0 Å². The minimum Gasteiger partial charge on any atom is -0.358 e. The topological polar surface area (TPSA) is 0 Å². The van der Waals surface area contributed by atoms with E-state index in [1.165, 1.54) is 12.8 Å². The maximum absolute atomic E-state index is 2.28. The van der Waals surface area contributed by atoms with E-state index >= 15 is 0 Å². The third-order valence-electron chi connectivity index (χ3n) is 1.39. The summed E-state index contributed by atoms with van der Waals surface area (Å²) in [6.45, 7) is 6.74. The summed E-state index contributed by atoms with van der Waals surface area (Å²) in [6, 6.07) is 0. The molecule has 95 valence electrons. The van der Waals surface area contributed by atoms with E-state index in [0.29, 0.717) is 0 Å². The Morgan fingerprint density at radius 2 is 0.846 bits per heavy atom. The molecule has 0 aliphatic heterocycles. The molecule has 0 rings (SSSR count). The Balaban J connectivity index is -0.00000000595. The molecule has 0 bridgehead atoms. The van der Waals surface area contributed by atoms with Gasteiger partial charge in [-0.15, -0.1) is 0 Å². The summed E-state index contributed by atoms with van der Waals surface area (Å²) >= 11 is 0. The molecule has 0 heterocycles. The monoisotopic (exact) mass is 369 g/mol. The van der Waals surface area contributed by atoms with Crippen LogP contribution in [0.1, 0.15) is 33.6 Å². The third-order valence-corrected chi connectivity index (χ3v) is 1.39. The molecule has 0 spiro atoms. The largest absolute Gasteiger partial charge is 0.358 e. The smallest absolute Gasteiger partial charge is 0 e. The summed E-state index contributed by atoms with van der Waals surface area (Å²) in [5, 5.41) is 0. The number of hydrogen-bond donors (Lipinski definition) is 0. The maximum atomic E-state index is 2.28. The molecule has 0 saturated carbocycles. The molecule has 0 aliphatic carbocycles. The van der Waals surface area contributed by atoms with Crippen molar-refractivity contribution < 1.29 is 20.1 Å². The molecule has 0 fully saturated rings. The van der Waals surface area contributed by atoms with Crippen molar-refractivity contribution in [2.45, 2.75) is 33.6 Å². The van der Waals surface area contributed by atoms with E-state index in [0.717, 1.165) is 5.92 Å². The van der Waals surface area contributed by atoms with Crippen molar-refractivity contribution in [2.24, 2.45) is 5.92 Å². The molecule has 0 N–H and O–H groups in total. The van der Waals surface area contributed by atoms with Gasteiger partial charge in [0, 0.05) is 20.1 Å². The normalized spacial score (nSPS) is 4.62. The molecule has 0 aromatic carbocycles. The average molecular weight is 369 g/mol. The first-order valence-electron chi connectivity index (χ1n) is 2.81. The quantitative estimate of drug-likeness (QED) is 0.592. The Kier molecular flexibility index (Phi) is 283. The predicted octanol–water partition coefficient (Wildman–Crippen LogP) is 5.14. The van der Waals surface area contributed by atoms with Crippen LogP contribution in [0.2, 0.25) is 0 Å². The van der Waals surface area contributed by atoms with Gasteiger partial charge in [0.25, 0.3) is 0 Å². The van der Waals surface area contributed by atoms with Crippen LogP contribution in [-0.2, 0) is 20.1 Å². The fourth-order valence-electron chi connectivity index (χ4n) is 0.289. The van der Waals surface area contributed by atoms with Crippen LogP contribution < -0.4 is 0 Å². The standard InChI is InChI=1S/C6H14.6CH3.Ir/c1-4-6(3)5-2;;;;;;;/h6H,4-5H2,1-3H3;6*1H3;/q;6*-1;. The summed E-state index contributed by atoms with van der Waals surface area (Å²) < 4.78 is 0. The Morgan fingerprint density at radius 1 is 0.692 bits per heavy atom. The molecular formula is C12H32Ir-6. The number of hydrogen-bond acceptors (Lipinski definition) is 0. The summed E-state index contributed by atoms with van der Waals surface area (Å²) in [4.78, 5) is 0. The van der Waals surface area contributed by atoms with Crippen LogP contribution in [0.15, 0.2) is 0 Å². The Labute approximate surface area is 104 Å². The van der Waals surface area contributed by atoms with Crippen LogP contribution in [0.4, 0.5) is 0 Å². The first-order chi connectivity index (χ1) is 2.81. The molecule has 1 heteroatoms. The minimum absolute atomic E-state index is 0. The van der Waals surface area contributed by atoms with Crippen LogP contribution in [0.5, 0.6) is 0 Å². The molecule has 0 unspecified atom stereocenters. The van der Waals surface area contributed by atoms with Gasteiger partial charge in [-0.05, 0) is 5.92 Å². The molecular weight excluding hydrogens is 336 g/mol. The zero-order valence-corrected chi connectivity index (χ0v) is 13.7. The fourth-order valence-corrected chi connectivity index (χ4v) is 0.289. The van der Waals surface area contributed by atoms with Crippen molar-refractivity contribution >= 4 is 0 Å². The van der Waals surface area contributed by atoms with Gasteiger partial charge in [-0.2, -0.15) is 0 Å². The van der Waals surface area contributed by atoms with Gasteiger partial charge >= 0.3 is 0 Å². The molecule has 0 saturated heterocycles. The predicted molar refractivity (Wildman–Crippen MR) is 68.2 cm³/mol. The summed E-state index contributed by atoms with van der Waals surface area (Å²) in [5.41, 5.74) is 0. The molecule has 13 heavy (non-hydrogen) atoms. The van der Waals surface area contributed by atoms with Gasteiger partial charge in [-0.25, -0.2) is 0 Å². The van der Waals surface area contributed by atoms with Gasteiger partial charge in [-0.3, -0.25) is 0 Å². The van der Waals surface area contributed by atoms with E-state index in [2.05, 4.69) is 20.8 Å². The van der Waals surface area contributed by atoms with Gasteiger partial charge in [-0.1, -0.05) is 33.6 Å².